The molecule has 2 N–H and O–H groups in total. The number of hydrogen-bond acceptors (Lipinski definition) is 8. The number of hydrogen-bond donors (Lipinski definition) is 2. The predicted octanol–water partition coefficient (Wildman–Crippen LogP) is 3.54. The van der Waals surface area contributed by atoms with Gasteiger partial charge in [-0.05, 0) is 37.1 Å². The van der Waals surface area contributed by atoms with Crippen molar-refractivity contribution in [1.82, 2.24) is 9.97 Å². The molecule has 0 atom stereocenters. The molecule has 0 aliphatic carbocycles. The summed E-state index contributed by atoms with van der Waals surface area (Å²) < 4.78 is 16.6. The van der Waals surface area contributed by atoms with E-state index in [2.05, 4.69) is 21.4 Å². The normalized spacial score (nSPS) is 12.0. The predicted molar refractivity (Wildman–Crippen MR) is 120 cm³/mol. The molecular formula is C24H22N4O5. The first kappa shape index (κ1) is 21.9. The van der Waals surface area contributed by atoms with Gasteiger partial charge in [0.25, 0.3) is 0 Å². The van der Waals surface area contributed by atoms with E-state index >= 15 is 0 Å². The van der Waals surface area contributed by atoms with E-state index in [0.717, 1.165) is 5.56 Å². The van der Waals surface area contributed by atoms with Gasteiger partial charge in [0.1, 0.15) is 36.7 Å². The standard InChI is InChI=1S/C24H22N4O5/c1-2-31-20-10-16(3-4-18(20)24(29)30)19-12-23(28-14-27-19)26-6-5-15-9-21-22(11-17(15)13-25)33-8-7-32-21/h3-4,9-12,14H,2,5-8H2,1H3,(H,29,30)(H,26,27,28). The van der Waals surface area contributed by atoms with Crippen molar-refractivity contribution in [2.75, 3.05) is 31.7 Å². The fraction of sp³-hybridized carbons (Fsp3) is 0.250. The lowest BCUT2D eigenvalue weighted by molar-refractivity contribution is 0.0692. The number of carbonyl (C=O) groups is 1. The number of anilines is 1. The van der Waals surface area contributed by atoms with Gasteiger partial charge in [-0.1, -0.05) is 6.07 Å². The number of ether oxygens (including phenoxy) is 3. The summed E-state index contributed by atoms with van der Waals surface area (Å²) in [5, 5.41) is 22.1. The van der Waals surface area contributed by atoms with E-state index in [-0.39, 0.29) is 5.56 Å². The van der Waals surface area contributed by atoms with Crippen LogP contribution in [0.4, 0.5) is 5.82 Å². The zero-order chi connectivity index (χ0) is 23.2. The molecule has 0 amide bonds. The molecule has 1 aromatic heterocycles. The number of carboxylic acid groups (broad SMARTS) is 1. The van der Waals surface area contributed by atoms with Crippen LogP contribution in [0.1, 0.15) is 28.4 Å². The van der Waals surface area contributed by atoms with Crippen LogP contribution in [0, 0.1) is 11.3 Å². The lowest BCUT2D eigenvalue weighted by atomic mass is 10.0. The Morgan fingerprint density at radius 2 is 1.97 bits per heavy atom. The maximum Gasteiger partial charge on any atom is 0.339 e. The van der Waals surface area contributed by atoms with Crippen molar-refractivity contribution in [3.63, 3.8) is 0 Å². The Hall–Kier alpha value is -4.32. The smallest absolute Gasteiger partial charge is 0.339 e. The summed E-state index contributed by atoms with van der Waals surface area (Å²) in [4.78, 5) is 20.0. The number of nitrogens with zero attached hydrogens (tertiary/aromatic N) is 3. The second kappa shape index (κ2) is 9.87. The Morgan fingerprint density at radius 3 is 2.70 bits per heavy atom. The van der Waals surface area contributed by atoms with E-state index < -0.39 is 5.97 Å². The molecule has 1 aliphatic rings. The van der Waals surface area contributed by atoms with Crippen molar-refractivity contribution in [2.24, 2.45) is 0 Å². The molecule has 0 fully saturated rings. The van der Waals surface area contributed by atoms with Crippen LogP contribution in [0.3, 0.4) is 0 Å². The molecule has 0 spiro atoms. The lowest BCUT2D eigenvalue weighted by Crippen LogP contribution is -2.16. The summed E-state index contributed by atoms with van der Waals surface area (Å²) in [5.41, 5.74) is 2.84. The fourth-order valence-corrected chi connectivity index (χ4v) is 3.51. The maximum absolute atomic E-state index is 11.4. The van der Waals surface area contributed by atoms with Crippen LogP contribution in [0.25, 0.3) is 11.3 Å². The topological polar surface area (TPSA) is 127 Å². The van der Waals surface area contributed by atoms with Crippen molar-refractivity contribution in [3.05, 3.63) is 59.4 Å². The van der Waals surface area contributed by atoms with Gasteiger partial charge in [-0.15, -0.1) is 0 Å². The van der Waals surface area contributed by atoms with Crippen LogP contribution < -0.4 is 19.5 Å². The minimum atomic E-state index is -1.05. The number of nitrogens with one attached hydrogen (secondary N) is 1. The summed E-state index contributed by atoms with van der Waals surface area (Å²) in [6.45, 7) is 3.64. The Kier molecular flexibility index (Phi) is 6.55. The van der Waals surface area contributed by atoms with Gasteiger partial charge in [-0.3, -0.25) is 0 Å². The number of nitriles is 1. The van der Waals surface area contributed by atoms with Gasteiger partial charge in [0.15, 0.2) is 11.5 Å². The first-order valence-electron chi connectivity index (χ1n) is 10.5. The summed E-state index contributed by atoms with van der Waals surface area (Å²) in [7, 11) is 0. The Morgan fingerprint density at radius 1 is 1.18 bits per heavy atom. The molecule has 2 aromatic carbocycles. The molecule has 9 nitrogen and oxygen atoms in total. The third-order valence-electron chi connectivity index (χ3n) is 5.06. The summed E-state index contributed by atoms with van der Waals surface area (Å²) >= 11 is 0. The van der Waals surface area contributed by atoms with Crippen LogP contribution in [0.2, 0.25) is 0 Å². The summed E-state index contributed by atoms with van der Waals surface area (Å²) in [5.74, 6) is 1.09. The molecule has 0 radical (unpaired) electrons. The van der Waals surface area contributed by atoms with Crippen molar-refractivity contribution in [3.8, 4) is 34.6 Å². The first-order valence-corrected chi connectivity index (χ1v) is 10.5. The molecular weight excluding hydrogens is 424 g/mol. The summed E-state index contributed by atoms with van der Waals surface area (Å²) in [6, 6.07) is 12.4. The van der Waals surface area contributed by atoms with Gasteiger partial charge in [0.2, 0.25) is 0 Å². The number of fused-ring (bicyclic) bond motifs is 1. The maximum atomic E-state index is 11.4. The SMILES string of the molecule is CCOc1cc(-c2cc(NCCc3cc4c(cc3C#N)OCCO4)ncn2)ccc1C(=O)O. The third kappa shape index (κ3) is 4.96. The van der Waals surface area contributed by atoms with Gasteiger partial charge < -0.3 is 24.6 Å². The molecule has 0 bridgehead atoms. The number of aromatic nitrogens is 2. The Labute approximate surface area is 190 Å². The van der Waals surface area contributed by atoms with Crippen LogP contribution in [0.15, 0.2) is 42.7 Å². The van der Waals surface area contributed by atoms with Gasteiger partial charge in [-0.25, -0.2) is 14.8 Å². The van der Waals surface area contributed by atoms with E-state index in [1.807, 2.05) is 6.07 Å². The van der Waals surface area contributed by atoms with Gasteiger partial charge in [0, 0.05) is 24.2 Å². The van der Waals surface area contributed by atoms with Crippen LogP contribution in [-0.4, -0.2) is 47.4 Å². The number of rotatable bonds is 8. The first-order chi connectivity index (χ1) is 16.1. The Bertz CT molecular complexity index is 1220. The van der Waals surface area contributed by atoms with E-state index in [1.165, 1.54) is 12.4 Å². The molecule has 33 heavy (non-hydrogen) atoms. The lowest BCUT2D eigenvalue weighted by Gasteiger charge is -2.19. The average Bonchev–Trinajstić information content (AvgIpc) is 2.83. The number of benzene rings is 2. The third-order valence-corrected chi connectivity index (χ3v) is 5.06. The fourth-order valence-electron chi connectivity index (χ4n) is 3.51. The molecule has 9 heteroatoms. The van der Waals surface area contributed by atoms with Gasteiger partial charge >= 0.3 is 5.97 Å². The Balaban J connectivity index is 1.48. The molecule has 2 heterocycles. The second-order valence-electron chi connectivity index (χ2n) is 7.18. The number of aromatic carboxylic acids is 1. The van der Waals surface area contributed by atoms with Crippen molar-refractivity contribution >= 4 is 11.8 Å². The van der Waals surface area contributed by atoms with Crippen molar-refractivity contribution < 1.29 is 24.1 Å². The average molecular weight is 446 g/mol. The molecule has 3 aromatic rings. The quantitative estimate of drug-likeness (QED) is 0.534. The molecule has 1 aliphatic heterocycles. The highest BCUT2D eigenvalue weighted by Crippen LogP contribution is 2.33. The number of carboxylic acids is 1. The molecule has 0 saturated heterocycles. The van der Waals surface area contributed by atoms with Crippen LogP contribution >= 0.6 is 0 Å². The molecule has 4 rings (SSSR count). The van der Waals surface area contributed by atoms with Gasteiger partial charge in [-0.2, -0.15) is 5.26 Å². The van der Waals surface area contributed by atoms with Crippen LogP contribution in [-0.2, 0) is 6.42 Å². The van der Waals surface area contributed by atoms with E-state index in [1.54, 1.807) is 31.2 Å². The van der Waals surface area contributed by atoms with E-state index in [9.17, 15) is 15.2 Å². The monoisotopic (exact) mass is 446 g/mol. The molecule has 0 saturated carbocycles. The van der Waals surface area contributed by atoms with Crippen molar-refractivity contribution in [1.29, 1.82) is 5.26 Å². The van der Waals surface area contributed by atoms with E-state index in [0.29, 0.717) is 72.7 Å². The minimum Gasteiger partial charge on any atom is -0.493 e. The molecule has 168 valence electrons. The zero-order valence-electron chi connectivity index (χ0n) is 18.0. The zero-order valence-corrected chi connectivity index (χ0v) is 18.0. The molecule has 0 unspecified atom stereocenters. The largest absolute Gasteiger partial charge is 0.493 e. The minimum absolute atomic E-state index is 0.0979. The van der Waals surface area contributed by atoms with Crippen molar-refractivity contribution in [2.45, 2.75) is 13.3 Å². The summed E-state index contributed by atoms with van der Waals surface area (Å²) in [6.07, 6.45) is 2.02. The van der Waals surface area contributed by atoms with Crippen LogP contribution in [0.5, 0.6) is 17.2 Å². The van der Waals surface area contributed by atoms with Gasteiger partial charge in [0.05, 0.1) is 23.9 Å². The highest BCUT2D eigenvalue weighted by Gasteiger charge is 2.16. The second-order valence-corrected chi connectivity index (χ2v) is 7.18. The van der Waals surface area contributed by atoms with E-state index in [4.69, 9.17) is 14.2 Å². The highest BCUT2D eigenvalue weighted by atomic mass is 16.6. The highest BCUT2D eigenvalue weighted by molar-refractivity contribution is 5.91.